The summed E-state index contributed by atoms with van der Waals surface area (Å²) < 4.78 is 12.9. The molecule has 0 N–H and O–H groups in total. The molecule has 0 amide bonds. The van der Waals surface area contributed by atoms with Gasteiger partial charge in [0.25, 0.3) is 0 Å². The summed E-state index contributed by atoms with van der Waals surface area (Å²) in [6, 6.07) is 6.89. The molecule has 2 heteroatoms. The third-order valence-corrected chi connectivity index (χ3v) is 2.72. The van der Waals surface area contributed by atoms with Gasteiger partial charge in [-0.3, -0.25) is 0 Å². The average molecular weight is 222 g/mol. The summed E-state index contributed by atoms with van der Waals surface area (Å²) >= 11 is 1.63. The summed E-state index contributed by atoms with van der Waals surface area (Å²) in [4.78, 5) is 0. The zero-order valence-corrected chi connectivity index (χ0v) is 10.1. The van der Waals surface area contributed by atoms with Gasteiger partial charge in [0.15, 0.2) is 0 Å². The Morgan fingerprint density at radius 2 is 1.87 bits per heavy atom. The molecule has 0 bridgehead atoms. The molecular formula is C13H15FS. The minimum atomic E-state index is -0.174. The van der Waals surface area contributed by atoms with Gasteiger partial charge in [-0.25, -0.2) is 4.39 Å². The van der Waals surface area contributed by atoms with Crippen LogP contribution in [0.25, 0.3) is 11.1 Å². The average Bonchev–Trinajstić information content (AvgIpc) is 2.78. The molecule has 0 spiro atoms. The first-order chi connectivity index (χ1) is 7.27. The molecular weight excluding hydrogens is 207 g/mol. The van der Waals surface area contributed by atoms with Crippen LogP contribution in [0.2, 0.25) is 0 Å². The predicted octanol–water partition coefficient (Wildman–Crippen LogP) is 4.89. The van der Waals surface area contributed by atoms with Gasteiger partial charge in [-0.2, -0.15) is 11.3 Å². The summed E-state index contributed by atoms with van der Waals surface area (Å²) in [5.41, 5.74) is 3.20. The quantitative estimate of drug-likeness (QED) is 0.644. The number of halogens is 1. The normalized spacial score (nSPS) is 9.33. The van der Waals surface area contributed by atoms with Gasteiger partial charge in [-0.15, -0.1) is 0 Å². The highest BCUT2D eigenvalue weighted by molar-refractivity contribution is 7.08. The topological polar surface area (TPSA) is 0 Å². The molecule has 0 aliphatic carbocycles. The predicted molar refractivity (Wildman–Crippen MR) is 65.8 cm³/mol. The van der Waals surface area contributed by atoms with Crippen molar-refractivity contribution in [2.24, 2.45) is 0 Å². The van der Waals surface area contributed by atoms with Crippen molar-refractivity contribution in [3.63, 3.8) is 0 Å². The van der Waals surface area contributed by atoms with Gasteiger partial charge in [0, 0.05) is 0 Å². The van der Waals surface area contributed by atoms with Crippen LogP contribution in [0, 0.1) is 12.7 Å². The van der Waals surface area contributed by atoms with Gasteiger partial charge in [-0.05, 0) is 52.6 Å². The van der Waals surface area contributed by atoms with E-state index in [9.17, 15) is 4.39 Å². The van der Waals surface area contributed by atoms with Gasteiger partial charge < -0.3 is 0 Å². The molecule has 2 rings (SSSR count). The van der Waals surface area contributed by atoms with Crippen molar-refractivity contribution in [3.8, 4) is 11.1 Å². The summed E-state index contributed by atoms with van der Waals surface area (Å²) in [5, 5.41) is 4.03. The third-order valence-electron chi connectivity index (χ3n) is 2.03. The summed E-state index contributed by atoms with van der Waals surface area (Å²) in [5.74, 6) is -0.174. The fourth-order valence-corrected chi connectivity index (χ4v) is 1.98. The van der Waals surface area contributed by atoms with E-state index in [-0.39, 0.29) is 5.82 Å². The molecule has 1 aromatic heterocycles. The second kappa shape index (κ2) is 5.66. The maximum Gasteiger partial charge on any atom is 0.123 e. The Kier molecular flexibility index (Phi) is 4.50. The summed E-state index contributed by atoms with van der Waals surface area (Å²) in [7, 11) is 0. The fourth-order valence-electron chi connectivity index (χ4n) is 1.32. The van der Waals surface area contributed by atoms with Crippen molar-refractivity contribution in [2.45, 2.75) is 20.8 Å². The molecule has 0 radical (unpaired) electrons. The van der Waals surface area contributed by atoms with E-state index in [0.29, 0.717) is 0 Å². The second-order valence-corrected chi connectivity index (χ2v) is 3.75. The Balaban J connectivity index is 0.000000531. The van der Waals surface area contributed by atoms with Crippen LogP contribution in [0.1, 0.15) is 19.4 Å². The molecule has 1 aromatic carbocycles. The molecule has 2 aromatic rings. The maximum atomic E-state index is 12.9. The fraction of sp³-hybridized carbons (Fsp3) is 0.231. The van der Waals surface area contributed by atoms with E-state index in [1.165, 1.54) is 6.07 Å². The van der Waals surface area contributed by atoms with Gasteiger partial charge in [0.2, 0.25) is 0 Å². The van der Waals surface area contributed by atoms with E-state index < -0.39 is 0 Å². The van der Waals surface area contributed by atoms with Crippen LogP contribution in [0.5, 0.6) is 0 Å². The Morgan fingerprint density at radius 3 is 2.47 bits per heavy atom. The lowest BCUT2D eigenvalue weighted by Gasteiger charge is -2.02. The number of benzene rings is 1. The van der Waals surface area contributed by atoms with Crippen molar-refractivity contribution in [3.05, 3.63) is 46.4 Å². The highest BCUT2D eigenvalue weighted by atomic mass is 32.1. The van der Waals surface area contributed by atoms with E-state index >= 15 is 0 Å². The van der Waals surface area contributed by atoms with Gasteiger partial charge in [-0.1, -0.05) is 19.9 Å². The standard InChI is InChI=1S/C11H9FS.C2H6/c1-8-2-3-10(12)6-11(8)9-4-5-13-7-9;1-2/h2-7H,1H3;1-2H3. The van der Waals surface area contributed by atoms with Crippen molar-refractivity contribution in [1.82, 2.24) is 0 Å². The Morgan fingerprint density at radius 1 is 1.13 bits per heavy atom. The SMILES string of the molecule is CC.Cc1ccc(F)cc1-c1ccsc1. The van der Waals surface area contributed by atoms with Gasteiger partial charge in [0.1, 0.15) is 5.82 Å². The number of rotatable bonds is 1. The molecule has 0 atom stereocenters. The Hall–Kier alpha value is -1.15. The lowest BCUT2D eigenvalue weighted by Crippen LogP contribution is -1.82. The van der Waals surface area contributed by atoms with Crippen molar-refractivity contribution >= 4 is 11.3 Å². The molecule has 15 heavy (non-hydrogen) atoms. The van der Waals surface area contributed by atoms with E-state index in [4.69, 9.17) is 0 Å². The first-order valence-corrected chi connectivity index (χ1v) is 6.00. The summed E-state index contributed by atoms with van der Waals surface area (Å²) in [6.45, 7) is 5.99. The number of thiophene rings is 1. The molecule has 1 heterocycles. The highest BCUT2D eigenvalue weighted by Crippen LogP contribution is 2.25. The highest BCUT2D eigenvalue weighted by Gasteiger charge is 2.02. The number of hydrogen-bond donors (Lipinski definition) is 0. The van der Waals surface area contributed by atoms with Gasteiger partial charge in [0.05, 0.1) is 0 Å². The van der Waals surface area contributed by atoms with E-state index in [0.717, 1.165) is 16.7 Å². The molecule has 0 nitrogen and oxygen atoms in total. The van der Waals surface area contributed by atoms with E-state index in [1.54, 1.807) is 17.4 Å². The molecule has 80 valence electrons. The zero-order chi connectivity index (χ0) is 11.3. The van der Waals surface area contributed by atoms with Crippen LogP contribution in [-0.2, 0) is 0 Å². The Bertz CT molecular complexity index is 404. The molecule has 0 aliphatic rings. The first kappa shape index (κ1) is 11.9. The van der Waals surface area contributed by atoms with Crippen LogP contribution >= 0.6 is 11.3 Å². The largest absolute Gasteiger partial charge is 0.207 e. The van der Waals surface area contributed by atoms with Crippen LogP contribution in [0.15, 0.2) is 35.0 Å². The Labute approximate surface area is 94.4 Å². The van der Waals surface area contributed by atoms with Crippen LogP contribution < -0.4 is 0 Å². The van der Waals surface area contributed by atoms with Crippen LogP contribution in [0.4, 0.5) is 4.39 Å². The molecule has 0 fully saturated rings. The minimum Gasteiger partial charge on any atom is -0.207 e. The van der Waals surface area contributed by atoms with Crippen molar-refractivity contribution in [1.29, 1.82) is 0 Å². The molecule has 0 aliphatic heterocycles. The van der Waals surface area contributed by atoms with E-state index in [2.05, 4.69) is 0 Å². The van der Waals surface area contributed by atoms with Crippen molar-refractivity contribution < 1.29 is 4.39 Å². The van der Waals surface area contributed by atoms with Crippen molar-refractivity contribution in [2.75, 3.05) is 0 Å². The number of hydrogen-bond acceptors (Lipinski definition) is 1. The monoisotopic (exact) mass is 222 g/mol. The number of aryl methyl sites for hydroxylation is 1. The van der Waals surface area contributed by atoms with Crippen LogP contribution in [0.3, 0.4) is 0 Å². The lowest BCUT2D eigenvalue weighted by atomic mass is 10.0. The van der Waals surface area contributed by atoms with E-state index in [1.807, 2.05) is 43.7 Å². The van der Waals surface area contributed by atoms with Gasteiger partial charge >= 0.3 is 0 Å². The first-order valence-electron chi connectivity index (χ1n) is 5.06. The smallest absolute Gasteiger partial charge is 0.123 e. The zero-order valence-electron chi connectivity index (χ0n) is 9.25. The molecule has 0 saturated carbocycles. The molecule has 0 unspecified atom stereocenters. The lowest BCUT2D eigenvalue weighted by molar-refractivity contribution is 0.628. The van der Waals surface area contributed by atoms with Crippen LogP contribution in [-0.4, -0.2) is 0 Å². The minimum absolute atomic E-state index is 0.174. The second-order valence-electron chi connectivity index (χ2n) is 2.97. The summed E-state index contributed by atoms with van der Waals surface area (Å²) in [6.07, 6.45) is 0. The molecule has 0 saturated heterocycles. The third kappa shape index (κ3) is 2.90. The maximum absolute atomic E-state index is 12.9.